The molecule has 2 fully saturated rings. The highest BCUT2D eigenvalue weighted by atomic mass is 16.2. The minimum absolute atomic E-state index is 0.0270. The fourth-order valence-electron chi connectivity index (χ4n) is 3.25. The molecule has 1 heterocycles. The van der Waals surface area contributed by atoms with E-state index >= 15 is 0 Å². The Bertz CT molecular complexity index is 572. The van der Waals surface area contributed by atoms with Gasteiger partial charge in [-0.15, -0.1) is 0 Å². The van der Waals surface area contributed by atoms with Gasteiger partial charge in [-0.3, -0.25) is 15.2 Å². The lowest BCUT2D eigenvalue weighted by Gasteiger charge is -2.29. The molecular formula is C15H17N3O2. The van der Waals surface area contributed by atoms with Crippen LogP contribution >= 0.6 is 0 Å². The summed E-state index contributed by atoms with van der Waals surface area (Å²) in [6.45, 7) is 0.650. The Labute approximate surface area is 117 Å². The van der Waals surface area contributed by atoms with Crippen molar-refractivity contribution in [1.29, 1.82) is 0 Å². The van der Waals surface area contributed by atoms with Gasteiger partial charge in [0.25, 0.3) is 0 Å². The van der Waals surface area contributed by atoms with Crippen molar-refractivity contribution in [2.75, 3.05) is 11.6 Å². The van der Waals surface area contributed by atoms with Gasteiger partial charge in [0.15, 0.2) is 0 Å². The lowest BCUT2D eigenvalue weighted by atomic mass is 9.87. The van der Waals surface area contributed by atoms with E-state index in [1.807, 2.05) is 29.3 Å². The summed E-state index contributed by atoms with van der Waals surface area (Å²) in [6, 6.07) is 7.88. The van der Waals surface area contributed by atoms with E-state index in [-0.39, 0.29) is 5.91 Å². The van der Waals surface area contributed by atoms with Gasteiger partial charge in [0.1, 0.15) is 5.54 Å². The van der Waals surface area contributed by atoms with Crippen LogP contribution in [0.25, 0.3) is 0 Å². The van der Waals surface area contributed by atoms with E-state index in [1.54, 1.807) is 6.08 Å². The predicted octanol–water partition coefficient (Wildman–Crippen LogP) is 2.03. The number of aliphatic imine (C=N–C) groups is 1. The predicted molar refractivity (Wildman–Crippen MR) is 74.8 cm³/mol. The van der Waals surface area contributed by atoms with Crippen LogP contribution in [0.4, 0.5) is 5.69 Å². The monoisotopic (exact) mass is 271 g/mol. The molecule has 0 radical (unpaired) electrons. The van der Waals surface area contributed by atoms with E-state index in [4.69, 9.17) is 0 Å². The van der Waals surface area contributed by atoms with Gasteiger partial charge in [0.2, 0.25) is 12.0 Å². The number of hydrazine groups is 1. The molecule has 5 heteroatoms. The zero-order valence-corrected chi connectivity index (χ0v) is 11.3. The molecule has 0 bridgehead atoms. The largest absolute Gasteiger partial charge is 0.285 e. The Kier molecular flexibility index (Phi) is 3.28. The maximum atomic E-state index is 11.4. The van der Waals surface area contributed by atoms with E-state index < -0.39 is 5.54 Å². The zero-order valence-electron chi connectivity index (χ0n) is 11.3. The zero-order chi connectivity index (χ0) is 14.0. The molecule has 5 nitrogen and oxygen atoms in total. The number of amides is 1. The van der Waals surface area contributed by atoms with Crippen molar-refractivity contribution in [2.45, 2.75) is 37.6 Å². The Balaban J connectivity index is 2.04. The average molecular weight is 271 g/mol. The number of nitrogens with one attached hydrogen (secondary N) is 1. The number of para-hydroxylation sites is 1. The van der Waals surface area contributed by atoms with Crippen molar-refractivity contribution in [3.05, 3.63) is 29.8 Å². The Morgan fingerprint density at radius 1 is 1.25 bits per heavy atom. The summed E-state index contributed by atoms with van der Waals surface area (Å²) in [5.41, 5.74) is 4.34. The third kappa shape index (κ3) is 2.10. The molecule has 3 rings (SSSR count). The minimum atomic E-state index is -0.467. The SMILES string of the molecule is O=C=NC1(c2ccccc2N2CCC(=O)N2)CCCC1. The fourth-order valence-corrected chi connectivity index (χ4v) is 3.25. The molecular weight excluding hydrogens is 254 g/mol. The van der Waals surface area contributed by atoms with Crippen LogP contribution in [0.3, 0.4) is 0 Å². The van der Waals surface area contributed by atoms with Crippen molar-refractivity contribution in [1.82, 2.24) is 5.43 Å². The first-order valence-electron chi connectivity index (χ1n) is 7.01. The van der Waals surface area contributed by atoms with Gasteiger partial charge in [0, 0.05) is 18.5 Å². The van der Waals surface area contributed by atoms with E-state index in [9.17, 15) is 9.59 Å². The fraction of sp³-hybridized carbons (Fsp3) is 0.467. The van der Waals surface area contributed by atoms with Crippen molar-refractivity contribution in [3.63, 3.8) is 0 Å². The van der Waals surface area contributed by atoms with Gasteiger partial charge in [0.05, 0.1) is 5.69 Å². The molecule has 1 amide bonds. The molecule has 0 aromatic heterocycles. The first-order chi connectivity index (χ1) is 9.75. The number of carbonyl (C=O) groups is 1. The quantitative estimate of drug-likeness (QED) is 0.676. The van der Waals surface area contributed by atoms with Crippen LogP contribution in [0.2, 0.25) is 0 Å². The topological polar surface area (TPSA) is 61.8 Å². The maximum Gasteiger partial charge on any atom is 0.240 e. The number of hydrogen-bond donors (Lipinski definition) is 1. The standard InChI is InChI=1S/C15H17N3O2/c19-11-16-15(8-3-4-9-15)12-5-1-2-6-13(12)18-10-7-14(20)17-18/h1-2,5-6H,3-4,7-10H2,(H,17,20). The van der Waals surface area contributed by atoms with Crippen LogP contribution in [0, 0.1) is 0 Å². The third-order valence-electron chi connectivity index (χ3n) is 4.21. The maximum absolute atomic E-state index is 11.4. The first kappa shape index (κ1) is 12.9. The molecule has 1 N–H and O–H groups in total. The molecule has 104 valence electrons. The average Bonchev–Trinajstić information content (AvgIpc) is 3.09. The lowest BCUT2D eigenvalue weighted by Crippen LogP contribution is -2.35. The number of nitrogens with zero attached hydrogens (tertiary/aromatic N) is 2. The van der Waals surface area contributed by atoms with E-state index in [1.165, 1.54) is 0 Å². The van der Waals surface area contributed by atoms with Gasteiger partial charge in [-0.2, -0.15) is 4.99 Å². The van der Waals surface area contributed by atoms with Crippen LogP contribution < -0.4 is 10.4 Å². The molecule has 1 aromatic rings. The van der Waals surface area contributed by atoms with E-state index in [0.29, 0.717) is 13.0 Å². The van der Waals surface area contributed by atoms with Crippen molar-refractivity contribution in [3.8, 4) is 0 Å². The second kappa shape index (κ2) is 5.10. The second-order valence-electron chi connectivity index (χ2n) is 5.40. The summed E-state index contributed by atoms with van der Waals surface area (Å²) in [6.07, 6.45) is 6.09. The van der Waals surface area contributed by atoms with Gasteiger partial charge in [-0.25, -0.2) is 4.79 Å². The van der Waals surface area contributed by atoms with Crippen LogP contribution in [-0.4, -0.2) is 18.5 Å². The molecule has 0 spiro atoms. The second-order valence-corrected chi connectivity index (χ2v) is 5.40. The highest BCUT2D eigenvalue weighted by Gasteiger charge is 2.38. The smallest absolute Gasteiger partial charge is 0.240 e. The number of benzene rings is 1. The van der Waals surface area contributed by atoms with Crippen LogP contribution in [0.1, 0.15) is 37.7 Å². The first-order valence-corrected chi connectivity index (χ1v) is 7.01. The number of carbonyl (C=O) groups excluding carboxylic acids is 2. The van der Waals surface area contributed by atoms with Crippen molar-refractivity contribution in [2.24, 2.45) is 4.99 Å². The summed E-state index contributed by atoms with van der Waals surface area (Å²) >= 11 is 0. The molecule has 20 heavy (non-hydrogen) atoms. The van der Waals surface area contributed by atoms with Gasteiger partial charge in [-0.1, -0.05) is 31.0 Å². The minimum Gasteiger partial charge on any atom is -0.285 e. The van der Waals surface area contributed by atoms with Crippen LogP contribution in [0.15, 0.2) is 29.3 Å². The van der Waals surface area contributed by atoms with Crippen molar-refractivity contribution < 1.29 is 9.59 Å². The molecule has 1 aliphatic heterocycles. The van der Waals surface area contributed by atoms with Crippen LogP contribution in [-0.2, 0) is 15.1 Å². The molecule has 1 saturated heterocycles. The highest BCUT2D eigenvalue weighted by molar-refractivity contribution is 5.82. The summed E-state index contributed by atoms with van der Waals surface area (Å²) in [5.74, 6) is 0.0270. The highest BCUT2D eigenvalue weighted by Crippen LogP contribution is 2.45. The van der Waals surface area contributed by atoms with Crippen LogP contribution in [0.5, 0.6) is 0 Å². The van der Waals surface area contributed by atoms with Gasteiger partial charge >= 0.3 is 0 Å². The molecule has 1 aromatic carbocycles. The van der Waals surface area contributed by atoms with Crippen molar-refractivity contribution >= 4 is 17.7 Å². The molecule has 1 aliphatic carbocycles. The molecule has 2 aliphatic rings. The summed E-state index contributed by atoms with van der Waals surface area (Å²) < 4.78 is 0. The molecule has 0 atom stereocenters. The summed E-state index contributed by atoms with van der Waals surface area (Å²) in [4.78, 5) is 26.4. The molecule has 1 saturated carbocycles. The normalized spacial score (nSPS) is 20.6. The summed E-state index contributed by atoms with van der Waals surface area (Å²) in [7, 11) is 0. The Morgan fingerprint density at radius 3 is 2.65 bits per heavy atom. The Morgan fingerprint density at radius 2 is 2.00 bits per heavy atom. The summed E-state index contributed by atoms with van der Waals surface area (Å²) in [5, 5.41) is 1.86. The van der Waals surface area contributed by atoms with E-state index in [0.717, 1.165) is 36.9 Å². The Hall–Kier alpha value is -2.13. The number of anilines is 1. The third-order valence-corrected chi connectivity index (χ3v) is 4.21. The van der Waals surface area contributed by atoms with Gasteiger partial charge in [-0.05, 0) is 18.9 Å². The van der Waals surface area contributed by atoms with Gasteiger partial charge < -0.3 is 0 Å². The van der Waals surface area contributed by atoms with E-state index in [2.05, 4.69) is 10.4 Å². The lowest BCUT2D eigenvalue weighted by molar-refractivity contribution is -0.119. The number of rotatable bonds is 3. The molecule has 0 unspecified atom stereocenters. The number of hydrogen-bond acceptors (Lipinski definition) is 4. The number of isocyanates is 1.